The van der Waals surface area contributed by atoms with Gasteiger partial charge in [0, 0.05) is 13.1 Å². The van der Waals surface area contributed by atoms with E-state index in [1.165, 1.54) is 13.1 Å². The zero-order valence-electron chi connectivity index (χ0n) is 14.2. The van der Waals surface area contributed by atoms with Crippen LogP contribution in [0.25, 0.3) is 11.1 Å². The smallest absolute Gasteiger partial charge is 0.408 e. The summed E-state index contributed by atoms with van der Waals surface area (Å²) in [6.45, 7) is 0. The lowest BCUT2D eigenvalue weighted by Gasteiger charge is -2.15. The van der Waals surface area contributed by atoms with E-state index in [-0.39, 0.29) is 29.3 Å². The molecule has 0 amide bonds. The van der Waals surface area contributed by atoms with E-state index in [9.17, 15) is 39.6 Å². The third-order valence-electron chi connectivity index (χ3n) is 3.91. The van der Waals surface area contributed by atoms with Gasteiger partial charge in [0.1, 0.15) is 0 Å². The quantitative estimate of drug-likeness (QED) is 0.625. The lowest BCUT2D eigenvalue weighted by atomic mass is 10.1. The van der Waals surface area contributed by atoms with Gasteiger partial charge in [-0.25, -0.2) is 13.2 Å². The van der Waals surface area contributed by atoms with E-state index in [0.29, 0.717) is 0 Å². The summed E-state index contributed by atoms with van der Waals surface area (Å²) >= 11 is 0. The second-order valence-electron chi connectivity index (χ2n) is 5.96. The van der Waals surface area contributed by atoms with Crippen LogP contribution in [0, 0.1) is 0 Å². The van der Waals surface area contributed by atoms with Crippen LogP contribution in [-0.2, 0) is 29.4 Å². The molecule has 0 saturated carbocycles. The van der Waals surface area contributed by atoms with Gasteiger partial charge in [0.2, 0.25) is 0 Å². The minimum Gasteiger partial charge on any atom is -0.408 e. The number of fused-ring (bicyclic) bond motifs is 1. The van der Waals surface area contributed by atoms with Gasteiger partial charge in [0.15, 0.2) is 5.58 Å². The molecule has 156 valence electrons. The SMILES string of the molecule is Cn1c(=O)oc2cc(S(=O)(=O)Nc3cc(C(F)(F)F)cc(C(F)(F)F)c3)ccc21. The number of rotatable bonds is 3. The van der Waals surface area contributed by atoms with Crippen molar-refractivity contribution in [2.24, 2.45) is 7.05 Å². The first-order valence-electron chi connectivity index (χ1n) is 7.60. The maximum Gasteiger partial charge on any atom is 0.419 e. The van der Waals surface area contributed by atoms with E-state index in [1.807, 2.05) is 0 Å². The average molecular weight is 440 g/mol. The minimum atomic E-state index is -5.13. The molecule has 1 N–H and O–H groups in total. The molecule has 3 rings (SSSR count). The van der Waals surface area contributed by atoms with Gasteiger partial charge in [0.25, 0.3) is 10.0 Å². The molecule has 0 saturated heterocycles. The highest BCUT2D eigenvalue weighted by molar-refractivity contribution is 7.92. The third-order valence-corrected chi connectivity index (χ3v) is 5.29. The molecule has 0 spiro atoms. The van der Waals surface area contributed by atoms with Crippen molar-refractivity contribution in [1.29, 1.82) is 0 Å². The van der Waals surface area contributed by atoms with Gasteiger partial charge in [0.05, 0.1) is 27.2 Å². The maximum atomic E-state index is 12.9. The Kier molecular flexibility index (Phi) is 4.68. The van der Waals surface area contributed by atoms with Gasteiger partial charge in [-0.1, -0.05) is 0 Å². The molecule has 0 aliphatic rings. The Hall–Kier alpha value is -2.96. The average Bonchev–Trinajstić information content (AvgIpc) is 2.86. The minimum absolute atomic E-state index is 0.123. The van der Waals surface area contributed by atoms with Crippen LogP contribution in [0.5, 0.6) is 0 Å². The zero-order valence-corrected chi connectivity index (χ0v) is 15.0. The molecule has 0 radical (unpaired) electrons. The monoisotopic (exact) mass is 440 g/mol. The standard InChI is InChI=1S/C16H10F6N2O4S/c1-24-12-3-2-11(7-13(12)28-14(24)25)29(26,27)23-10-5-8(15(17,18)19)4-9(6-10)16(20,21)22/h2-7,23H,1H3. The molecule has 3 aromatic rings. The van der Waals surface area contributed by atoms with Crippen molar-refractivity contribution in [3.63, 3.8) is 0 Å². The normalized spacial score (nSPS) is 13.1. The fourth-order valence-corrected chi connectivity index (χ4v) is 3.56. The van der Waals surface area contributed by atoms with E-state index >= 15 is 0 Å². The van der Waals surface area contributed by atoms with Crippen molar-refractivity contribution in [2.45, 2.75) is 17.2 Å². The number of alkyl halides is 6. The van der Waals surface area contributed by atoms with Crippen molar-refractivity contribution >= 4 is 26.8 Å². The fourth-order valence-electron chi connectivity index (χ4n) is 2.51. The molecule has 1 aromatic heterocycles. The van der Waals surface area contributed by atoms with Gasteiger partial charge < -0.3 is 4.42 Å². The predicted molar refractivity (Wildman–Crippen MR) is 88.7 cm³/mol. The Morgan fingerprint density at radius 1 is 0.931 bits per heavy atom. The number of aromatic nitrogens is 1. The number of hydrogen-bond acceptors (Lipinski definition) is 4. The Bertz CT molecular complexity index is 1220. The first-order chi connectivity index (χ1) is 13.2. The van der Waals surface area contributed by atoms with E-state index in [2.05, 4.69) is 0 Å². The fraction of sp³-hybridized carbons (Fsp3) is 0.188. The molecule has 0 bridgehead atoms. The molecule has 2 aromatic carbocycles. The van der Waals surface area contributed by atoms with Crippen LogP contribution in [0.15, 0.2) is 50.5 Å². The maximum absolute atomic E-state index is 12.9. The highest BCUT2D eigenvalue weighted by atomic mass is 32.2. The summed E-state index contributed by atoms with van der Waals surface area (Å²) < 4.78 is 110. The number of sulfonamides is 1. The van der Waals surface area contributed by atoms with Crippen molar-refractivity contribution < 1.29 is 39.2 Å². The lowest BCUT2D eigenvalue weighted by Crippen LogP contribution is -2.16. The van der Waals surface area contributed by atoms with Gasteiger partial charge in [-0.3, -0.25) is 9.29 Å². The molecule has 0 fully saturated rings. The molecular formula is C16H10F6N2O4S. The molecule has 1 heterocycles. The number of benzene rings is 2. The summed E-state index contributed by atoms with van der Waals surface area (Å²) in [7, 11) is -3.23. The molecule has 0 unspecified atom stereocenters. The van der Waals surface area contributed by atoms with Crippen LogP contribution < -0.4 is 10.5 Å². The Balaban J connectivity index is 2.07. The molecule has 29 heavy (non-hydrogen) atoms. The number of nitrogens with zero attached hydrogens (tertiary/aromatic N) is 1. The Labute approximate surface area is 158 Å². The van der Waals surface area contributed by atoms with Crippen LogP contribution >= 0.6 is 0 Å². The summed E-state index contributed by atoms with van der Waals surface area (Å²) in [6.07, 6.45) is -10.3. The third kappa shape index (κ3) is 4.09. The number of halogens is 6. The van der Waals surface area contributed by atoms with E-state index in [4.69, 9.17) is 4.42 Å². The van der Waals surface area contributed by atoms with Crippen LogP contribution in [0.3, 0.4) is 0 Å². The van der Waals surface area contributed by atoms with Crippen molar-refractivity contribution in [2.75, 3.05) is 4.72 Å². The first-order valence-corrected chi connectivity index (χ1v) is 9.09. The number of hydrogen-bond donors (Lipinski definition) is 1. The van der Waals surface area contributed by atoms with Crippen LogP contribution in [0.4, 0.5) is 32.0 Å². The van der Waals surface area contributed by atoms with E-state index < -0.39 is 49.8 Å². The van der Waals surface area contributed by atoms with Crippen molar-refractivity contribution in [3.8, 4) is 0 Å². The van der Waals surface area contributed by atoms with Crippen LogP contribution in [0.1, 0.15) is 11.1 Å². The summed E-state index contributed by atoms with van der Waals surface area (Å²) in [5.41, 5.74) is -4.15. The number of nitrogens with one attached hydrogen (secondary N) is 1. The van der Waals surface area contributed by atoms with Gasteiger partial charge in [-0.05, 0) is 30.3 Å². The molecule has 13 heteroatoms. The summed E-state index contributed by atoms with van der Waals surface area (Å²) in [5.74, 6) is -0.782. The summed E-state index contributed by atoms with van der Waals surface area (Å²) in [5, 5.41) is 0. The van der Waals surface area contributed by atoms with Gasteiger partial charge in [-0.15, -0.1) is 0 Å². The second-order valence-corrected chi connectivity index (χ2v) is 7.64. The van der Waals surface area contributed by atoms with Crippen molar-refractivity contribution in [1.82, 2.24) is 4.57 Å². The molecule has 0 aliphatic heterocycles. The molecule has 0 aliphatic carbocycles. The Morgan fingerprint density at radius 3 is 2.00 bits per heavy atom. The Morgan fingerprint density at radius 2 is 1.48 bits per heavy atom. The van der Waals surface area contributed by atoms with Crippen LogP contribution in [-0.4, -0.2) is 13.0 Å². The summed E-state index contributed by atoms with van der Waals surface area (Å²) in [6, 6.07) is 3.53. The number of aryl methyl sites for hydroxylation is 1. The first kappa shape index (κ1) is 20.8. The second kappa shape index (κ2) is 6.54. The highest BCUT2D eigenvalue weighted by Crippen LogP contribution is 2.38. The van der Waals surface area contributed by atoms with E-state index in [0.717, 1.165) is 16.7 Å². The number of anilines is 1. The lowest BCUT2D eigenvalue weighted by molar-refractivity contribution is -0.143. The van der Waals surface area contributed by atoms with Gasteiger partial charge in [-0.2, -0.15) is 26.3 Å². The summed E-state index contributed by atoms with van der Waals surface area (Å²) in [4.78, 5) is 10.9. The number of oxazole rings is 1. The van der Waals surface area contributed by atoms with Gasteiger partial charge >= 0.3 is 18.1 Å². The van der Waals surface area contributed by atoms with E-state index in [1.54, 1.807) is 4.72 Å². The van der Waals surface area contributed by atoms with Crippen LogP contribution in [0.2, 0.25) is 0 Å². The molecule has 0 atom stereocenters. The largest absolute Gasteiger partial charge is 0.419 e. The van der Waals surface area contributed by atoms with Crippen molar-refractivity contribution in [3.05, 3.63) is 58.1 Å². The molecule has 6 nitrogen and oxygen atoms in total. The zero-order chi connectivity index (χ0) is 21.8. The highest BCUT2D eigenvalue weighted by Gasteiger charge is 2.37. The molecular weight excluding hydrogens is 430 g/mol. The predicted octanol–water partition coefficient (Wildman–Crippen LogP) is 3.97. The topological polar surface area (TPSA) is 81.3 Å².